The normalized spacial score (nSPS) is 14.1. The Morgan fingerprint density at radius 1 is 0.915 bits per heavy atom. The first-order valence-corrected chi connectivity index (χ1v) is 15.8. The number of aryl methyl sites for hydroxylation is 2. The third-order valence-electron chi connectivity index (χ3n) is 7.99. The lowest BCUT2D eigenvalue weighted by Crippen LogP contribution is -2.64. The zero-order valence-corrected chi connectivity index (χ0v) is 27.5. The molecule has 0 aromatic heterocycles. The Bertz CT molecular complexity index is 1370. The van der Waals surface area contributed by atoms with E-state index in [1.165, 1.54) is 7.85 Å². The van der Waals surface area contributed by atoms with Crippen molar-refractivity contribution in [2.75, 3.05) is 13.1 Å². The minimum atomic E-state index is -1.45. The monoisotopic (exact) mass is 651 g/mol. The number of unbranched alkanes of at least 4 members (excludes halogenated alkanes) is 1. The van der Waals surface area contributed by atoms with Gasteiger partial charge in [0.1, 0.15) is 25.7 Å². The molecule has 14 nitrogen and oxygen atoms in total. The van der Waals surface area contributed by atoms with Crippen LogP contribution in [0.4, 0.5) is 0 Å². The van der Waals surface area contributed by atoms with Crippen molar-refractivity contribution in [3.63, 3.8) is 0 Å². The summed E-state index contributed by atoms with van der Waals surface area (Å²) in [5.41, 5.74) is 24.4. The van der Waals surface area contributed by atoms with E-state index in [2.05, 4.69) is 21.3 Å². The Morgan fingerprint density at radius 3 is 2.11 bits per heavy atom. The van der Waals surface area contributed by atoms with Gasteiger partial charge in [-0.1, -0.05) is 30.3 Å². The average molecular weight is 652 g/mol. The van der Waals surface area contributed by atoms with Gasteiger partial charge in [-0.2, -0.15) is 0 Å². The first-order valence-electron chi connectivity index (χ1n) is 15.8. The molecule has 256 valence electrons. The maximum atomic E-state index is 13.9. The molecular formula is C32H50BN9O5. The van der Waals surface area contributed by atoms with Gasteiger partial charge >= 0.3 is 0 Å². The number of benzene rings is 2. The van der Waals surface area contributed by atoms with E-state index in [1.54, 1.807) is 26.0 Å². The van der Waals surface area contributed by atoms with E-state index in [4.69, 9.17) is 28.3 Å². The second-order valence-corrected chi connectivity index (χ2v) is 12.1. The highest BCUT2D eigenvalue weighted by Crippen LogP contribution is 2.22. The summed E-state index contributed by atoms with van der Waals surface area (Å²) in [4.78, 5) is 53.4. The molecule has 0 aliphatic heterocycles. The first kappa shape index (κ1) is 38.6. The van der Waals surface area contributed by atoms with Crippen molar-refractivity contribution < 1.29 is 24.3 Å². The quantitative estimate of drug-likeness (QED) is 0.0363. The van der Waals surface area contributed by atoms with Crippen molar-refractivity contribution in [1.82, 2.24) is 21.3 Å². The summed E-state index contributed by atoms with van der Waals surface area (Å²) in [6.07, 6.45) is 2.22. The number of primary amides is 1. The molecule has 15 heteroatoms. The van der Waals surface area contributed by atoms with Crippen LogP contribution in [0, 0.1) is 19.3 Å². The molecule has 0 spiro atoms. The van der Waals surface area contributed by atoms with Crippen molar-refractivity contribution in [3.8, 4) is 5.75 Å². The second-order valence-electron chi connectivity index (χ2n) is 12.1. The molecule has 0 saturated carbocycles. The van der Waals surface area contributed by atoms with E-state index in [1.807, 2.05) is 30.3 Å². The number of carbonyl (C=O) groups excluding carboxylic acids is 4. The first-order chi connectivity index (χ1) is 22.2. The third kappa shape index (κ3) is 12.6. The number of phenolic OH excluding ortho intramolecular Hbond substituents is 1. The zero-order chi connectivity index (χ0) is 35.1. The van der Waals surface area contributed by atoms with Gasteiger partial charge in [0.2, 0.25) is 23.6 Å². The van der Waals surface area contributed by atoms with E-state index in [9.17, 15) is 24.3 Å². The highest BCUT2D eigenvalue weighted by molar-refractivity contribution is 6.29. The van der Waals surface area contributed by atoms with Gasteiger partial charge in [-0.15, -0.1) is 0 Å². The highest BCUT2D eigenvalue weighted by atomic mass is 16.3. The number of rotatable bonds is 19. The van der Waals surface area contributed by atoms with Gasteiger partial charge in [0.25, 0.3) is 0 Å². The molecule has 2 rings (SSSR count). The molecular weight excluding hydrogens is 601 g/mol. The lowest BCUT2D eigenvalue weighted by atomic mass is 9.72. The average Bonchev–Trinajstić information content (AvgIpc) is 2.99. The topological polar surface area (TPSA) is 265 Å². The van der Waals surface area contributed by atoms with Crippen molar-refractivity contribution in [1.29, 1.82) is 5.41 Å². The zero-order valence-electron chi connectivity index (χ0n) is 27.5. The number of carbonyl (C=O) groups is 4. The van der Waals surface area contributed by atoms with Gasteiger partial charge in [-0.05, 0) is 93.3 Å². The molecule has 0 unspecified atom stereocenters. The molecule has 0 radical (unpaired) electrons. The summed E-state index contributed by atoms with van der Waals surface area (Å²) < 4.78 is 0. The number of phenols is 1. The lowest BCUT2D eigenvalue weighted by molar-refractivity contribution is -0.134. The van der Waals surface area contributed by atoms with E-state index in [0.717, 1.165) is 11.1 Å². The highest BCUT2D eigenvalue weighted by Gasteiger charge is 2.36. The van der Waals surface area contributed by atoms with Crippen LogP contribution in [0.25, 0.3) is 0 Å². The van der Waals surface area contributed by atoms with Gasteiger partial charge in [-0.3, -0.25) is 24.6 Å². The van der Waals surface area contributed by atoms with Gasteiger partial charge in [0.15, 0.2) is 5.96 Å². The van der Waals surface area contributed by atoms with E-state index < -0.39 is 47.2 Å². The molecule has 0 heterocycles. The predicted octanol–water partition coefficient (Wildman–Crippen LogP) is -1.59. The van der Waals surface area contributed by atoms with Crippen LogP contribution < -0.4 is 44.2 Å². The van der Waals surface area contributed by atoms with Crippen LogP contribution in [-0.2, 0) is 32.0 Å². The molecule has 47 heavy (non-hydrogen) atoms. The molecule has 0 aliphatic carbocycles. The second kappa shape index (κ2) is 18.5. The third-order valence-corrected chi connectivity index (χ3v) is 7.99. The summed E-state index contributed by atoms with van der Waals surface area (Å²) in [5, 5.41) is 28.2. The molecule has 0 fully saturated rings. The van der Waals surface area contributed by atoms with Crippen LogP contribution in [-0.4, -0.2) is 79.2 Å². The molecule has 0 aliphatic rings. The smallest absolute Gasteiger partial charge is 0.243 e. The van der Waals surface area contributed by atoms with Crippen molar-refractivity contribution in [2.45, 2.75) is 82.4 Å². The van der Waals surface area contributed by atoms with Crippen molar-refractivity contribution in [2.24, 2.45) is 22.9 Å². The number of nitrogens with one attached hydrogen (secondary N) is 5. The number of hydrogen-bond acceptors (Lipinski definition) is 8. The molecule has 0 bridgehead atoms. The van der Waals surface area contributed by atoms with Crippen LogP contribution in [0.1, 0.15) is 54.4 Å². The maximum absolute atomic E-state index is 13.9. The molecule has 4 amide bonds. The summed E-state index contributed by atoms with van der Waals surface area (Å²) in [7, 11) is 1.53. The molecule has 2 aromatic carbocycles. The van der Waals surface area contributed by atoms with Gasteiger partial charge in [0, 0.05) is 13.0 Å². The largest absolute Gasteiger partial charge is 0.508 e. The fourth-order valence-corrected chi connectivity index (χ4v) is 5.25. The SMILES string of the molecule is B[C@@](Cc1ccccc1)(NC(=O)[C@H](CCCCN)NC(=O)[C@H](Cc1c(C)cc(O)cc1C)NC(=O)[C@H](N)CCCNC(=N)N)C(N)=O. The summed E-state index contributed by atoms with van der Waals surface area (Å²) in [6, 6.07) is 9.06. The molecule has 14 N–H and O–H groups in total. The summed E-state index contributed by atoms with van der Waals surface area (Å²) >= 11 is 0. The Morgan fingerprint density at radius 2 is 1.53 bits per heavy atom. The van der Waals surface area contributed by atoms with Crippen molar-refractivity contribution in [3.05, 3.63) is 64.7 Å². The number of guanidine groups is 1. The van der Waals surface area contributed by atoms with E-state index in [0.29, 0.717) is 43.5 Å². The van der Waals surface area contributed by atoms with E-state index in [-0.39, 0.29) is 37.4 Å². The Kier molecular flexibility index (Phi) is 15.2. The molecule has 2 aromatic rings. The van der Waals surface area contributed by atoms with Crippen LogP contribution in [0.5, 0.6) is 5.75 Å². The minimum absolute atomic E-state index is 0.0538. The van der Waals surface area contributed by atoms with E-state index >= 15 is 0 Å². The van der Waals surface area contributed by atoms with Crippen molar-refractivity contribution >= 4 is 37.4 Å². The Hall–Kier alpha value is -4.63. The van der Waals surface area contributed by atoms with Crippen LogP contribution in [0.2, 0.25) is 0 Å². The molecule has 0 saturated heterocycles. The van der Waals surface area contributed by atoms with Gasteiger partial charge in [-0.25, -0.2) is 0 Å². The van der Waals surface area contributed by atoms with Crippen LogP contribution >= 0.6 is 0 Å². The molecule has 4 atom stereocenters. The number of nitrogens with two attached hydrogens (primary N) is 4. The number of amides is 4. The predicted molar refractivity (Wildman–Crippen MR) is 184 cm³/mol. The Balaban J connectivity index is 2.33. The van der Waals surface area contributed by atoms with Gasteiger partial charge < -0.3 is 49.3 Å². The minimum Gasteiger partial charge on any atom is -0.508 e. The fraction of sp³-hybridized carbons (Fsp3) is 0.469. The standard InChI is InChI=1S/C32H50BN9O5/c1-19-15-22(43)16-20(2)23(19)17-26(41-27(44)24(35)11-8-14-39-31(37)38)28(45)40-25(12-6-7-13-34)29(46)42-32(33,30(36)47)18-21-9-4-3-5-10-21/h3-5,9-10,15-16,24-26,43H,6-8,11-14,17-18,33-35H2,1-2H3,(H2,36,47)(H,40,45)(H,41,44)(H,42,46)(H4,37,38,39)/t24-,25+,26+,32+/m1/s1. The number of aromatic hydroxyl groups is 1. The summed E-state index contributed by atoms with van der Waals surface area (Å²) in [6.45, 7) is 4.30. The number of hydrogen-bond donors (Lipinski definition) is 10. The van der Waals surface area contributed by atoms with Crippen LogP contribution in [0.15, 0.2) is 42.5 Å². The fourth-order valence-electron chi connectivity index (χ4n) is 5.25. The summed E-state index contributed by atoms with van der Waals surface area (Å²) in [5.74, 6) is -2.68. The van der Waals surface area contributed by atoms with Gasteiger partial charge in [0.05, 0.1) is 11.5 Å². The van der Waals surface area contributed by atoms with Crippen LogP contribution in [0.3, 0.4) is 0 Å². The maximum Gasteiger partial charge on any atom is 0.243 e. The Labute approximate surface area is 277 Å². The lowest BCUT2D eigenvalue weighted by Gasteiger charge is -2.31.